The standard InChI is InChI=1S/C20H21ClF2N2O2/c21-15-3-1-2-14(8-15)12-25(18-4-6-24-7-5-18)20(26)13-27-19-10-16(22)9-17(23)11-19/h1-3,8-11,18,24H,4-7,12-13H2. The Kier molecular flexibility index (Phi) is 6.63. The number of nitrogens with zero attached hydrogens (tertiary/aromatic N) is 1. The Bertz CT molecular complexity index is 777. The van der Waals surface area contributed by atoms with Crippen molar-refractivity contribution in [3.63, 3.8) is 0 Å². The molecule has 1 saturated heterocycles. The van der Waals surface area contributed by atoms with E-state index < -0.39 is 11.6 Å². The Hall–Kier alpha value is -2.18. The third-order valence-electron chi connectivity index (χ3n) is 4.51. The topological polar surface area (TPSA) is 41.6 Å². The first-order valence-electron chi connectivity index (χ1n) is 8.85. The van der Waals surface area contributed by atoms with Crippen LogP contribution in [0.1, 0.15) is 18.4 Å². The van der Waals surface area contributed by atoms with Crippen LogP contribution in [-0.2, 0) is 11.3 Å². The van der Waals surface area contributed by atoms with E-state index in [1.807, 2.05) is 18.2 Å². The molecule has 1 fully saturated rings. The van der Waals surface area contributed by atoms with Crippen LogP contribution in [0.2, 0.25) is 5.02 Å². The Morgan fingerprint density at radius 2 is 1.85 bits per heavy atom. The number of ether oxygens (including phenoxy) is 1. The Morgan fingerprint density at radius 3 is 2.52 bits per heavy atom. The number of carbonyl (C=O) groups is 1. The summed E-state index contributed by atoms with van der Waals surface area (Å²) in [6.45, 7) is 1.79. The molecule has 1 aliphatic heterocycles. The number of piperidine rings is 1. The van der Waals surface area contributed by atoms with Gasteiger partial charge in [-0.1, -0.05) is 23.7 Å². The van der Waals surface area contributed by atoms with Crippen LogP contribution in [-0.4, -0.2) is 36.5 Å². The van der Waals surface area contributed by atoms with Gasteiger partial charge < -0.3 is 15.0 Å². The zero-order valence-corrected chi connectivity index (χ0v) is 15.5. The molecule has 4 nitrogen and oxygen atoms in total. The molecule has 0 spiro atoms. The molecule has 0 aromatic heterocycles. The van der Waals surface area contributed by atoms with Crippen molar-refractivity contribution in [2.45, 2.75) is 25.4 Å². The Morgan fingerprint density at radius 1 is 1.15 bits per heavy atom. The highest BCUT2D eigenvalue weighted by atomic mass is 35.5. The molecule has 0 atom stereocenters. The summed E-state index contributed by atoms with van der Waals surface area (Å²) in [6, 6.07) is 10.3. The van der Waals surface area contributed by atoms with Crippen molar-refractivity contribution in [1.29, 1.82) is 0 Å². The number of carbonyl (C=O) groups excluding carboxylic acids is 1. The van der Waals surface area contributed by atoms with Crippen molar-refractivity contribution in [2.24, 2.45) is 0 Å². The maximum atomic E-state index is 13.3. The predicted molar refractivity (Wildman–Crippen MR) is 99.7 cm³/mol. The fourth-order valence-corrected chi connectivity index (χ4v) is 3.42. The molecule has 0 saturated carbocycles. The lowest BCUT2D eigenvalue weighted by molar-refractivity contribution is -0.137. The highest BCUT2D eigenvalue weighted by molar-refractivity contribution is 6.30. The van der Waals surface area contributed by atoms with Gasteiger partial charge in [0.1, 0.15) is 17.4 Å². The molecule has 0 aliphatic carbocycles. The number of rotatable bonds is 6. The molecule has 0 bridgehead atoms. The first-order chi connectivity index (χ1) is 13.0. The molecule has 0 radical (unpaired) electrons. The van der Waals surface area contributed by atoms with Gasteiger partial charge in [0.05, 0.1) is 0 Å². The first kappa shape index (κ1) is 19.6. The lowest BCUT2D eigenvalue weighted by Gasteiger charge is -2.34. The second-order valence-electron chi connectivity index (χ2n) is 6.53. The van der Waals surface area contributed by atoms with E-state index >= 15 is 0 Å². The zero-order chi connectivity index (χ0) is 19.2. The first-order valence-corrected chi connectivity index (χ1v) is 9.22. The molecule has 1 amide bonds. The quantitative estimate of drug-likeness (QED) is 0.810. The minimum absolute atomic E-state index is 0.00568. The normalized spacial score (nSPS) is 14.8. The summed E-state index contributed by atoms with van der Waals surface area (Å²) in [5, 5.41) is 3.89. The zero-order valence-electron chi connectivity index (χ0n) is 14.8. The van der Waals surface area contributed by atoms with Gasteiger partial charge in [0, 0.05) is 35.8 Å². The van der Waals surface area contributed by atoms with E-state index in [1.165, 1.54) is 0 Å². The average Bonchev–Trinajstić information content (AvgIpc) is 2.64. The number of hydrogen-bond donors (Lipinski definition) is 1. The molecule has 7 heteroatoms. The summed E-state index contributed by atoms with van der Waals surface area (Å²) in [5.41, 5.74) is 0.922. The third kappa shape index (κ3) is 5.65. The van der Waals surface area contributed by atoms with E-state index in [4.69, 9.17) is 16.3 Å². The van der Waals surface area contributed by atoms with Gasteiger partial charge in [0.15, 0.2) is 6.61 Å². The van der Waals surface area contributed by atoms with Crippen LogP contribution >= 0.6 is 11.6 Å². The lowest BCUT2D eigenvalue weighted by Crippen LogP contribution is -2.47. The summed E-state index contributed by atoms with van der Waals surface area (Å²) in [5.74, 6) is -1.72. The van der Waals surface area contributed by atoms with Crippen LogP contribution < -0.4 is 10.1 Å². The van der Waals surface area contributed by atoms with E-state index in [2.05, 4.69) is 5.32 Å². The molecular weight excluding hydrogens is 374 g/mol. The minimum atomic E-state index is -0.744. The predicted octanol–water partition coefficient (Wildman–Crippen LogP) is 3.78. The van der Waals surface area contributed by atoms with Crippen LogP contribution in [0.15, 0.2) is 42.5 Å². The lowest BCUT2D eigenvalue weighted by atomic mass is 10.0. The molecule has 3 rings (SSSR count). The molecule has 1 N–H and O–H groups in total. The Labute approximate surface area is 162 Å². The summed E-state index contributed by atoms with van der Waals surface area (Å²) >= 11 is 6.06. The van der Waals surface area contributed by atoms with E-state index in [0.29, 0.717) is 11.6 Å². The Balaban J connectivity index is 1.71. The summed E-state index contributed by atoms with van der Waals surface area (Å²) in [7, 11) is 0. The number of amides is 1. The molecule has 144 valence electrons. The molecule has 0 unspecified atom stereocenters. The molecule has 27 heavy (non-hydrogen) atoms. The van der Waals surface area contributed by atoms with E-state index in [1.54, 1.807) is 11.0 Å². The summed E-state index contributed by atoms with van der Waals surface area (Å²) in [4.78, 5) is 14.6. The number of halogens is 3. The van der Waals surface area contributed by atoms with Crippen LogP contribution in [0.25, 0.3) is 0 Å². The number of nitrogens with one attached hydrogen (secondary N) is 1. The highest BCUT2D eigenvalue weighted by Crippen LogP contribution is 2.20. The maximum Gasteiger partial charge on any atom is 0.261 e. The van der Waals surface area contributed by atoms with Gasteiger partial charge in [-0.15, -0.1) is 0 Å². The fraction of sp³-hybridized carbons (Fsp3) is 0.350. The van der Waals surface area contributed by atoms with Crippen molar-refractivity contribution < 1.29 is 18.3 Å². The van der Waals surface area contributed by atoms with Gasteiger partial charge in [0.25, 0.3) is 5.91 Å². The van der Waals surface area contributed by atoms with Crippen molar-refractivity contribution >= 4 is 17.5 Å². The van der Waals surface area contributed by atoms with Crippen LogP contribution in [0.4, 0.5) is 8.78 Å². The second-order valence-corrected chi connectivity index (χ2v) is 6.96. The number of hydrogen-bond acceptors (Lipinski definition) is 3. The molecule has 2 aromatic carbocycles. The van der Waals surface area contributed by atoms with Gasteiger partial charge >= 0.3 is 0 Å². The van der Waals surface area contributed by atoms with Gasteiger partial charge in [-0.25, -0.2) is 8.78 Å². The van der Waals surface area contributed by atoms with E-state index in [9.17, 15) is 13.6 Å². The molecular formula is C20H21ClF2N2O2. The number of benzene rings is 2. The van der Waals surface area contributed by atoms with E-state index in [0.717, 1.165) is 49.7 Å². The SMILES string of the molecule is O=C(COc1cc(F)cc(F)c1)N(Cc1cccc(Cl)c1)C1CCNCC1. The second kappa shape index (κ2) is 9.15. The van der Waals surface area contributed by atoms with Crippen LogP contribution in [0.3, 0.4) is 0 Å². The summed E-state index contributed by atoms with van der Waals surface area (Å²) < 4.78 is 31.9. The molecule has 2 aromatic rings. The monoisotopic (exact) mass is 394 g/mol. The minimum Gasteiger partial charge on any atom is -0.484 e. The smallest absolute Gasteiger partial charge is 0.261 e. The van der Waals surface area contributed by atoms with Gasteiger partial charge in [-0.3, -0.25) is 4.79 Å². The van der Waals surface area contributed by atoms with Gasteiger partial charge in [-0.05, 0) is 43.6 Å². The molecule has 1 heterocycles. The summed E-state index contributed by atoms with van der Waals surface area (Å²) in [6.07, 6.45) is 1.67. The van der Waals surface area contributed by atoms with Crippen LogP contribution in [0.5, 0.6) is 5.75 Å². The van der Waals surface area contributed by atoms with Gasteiger partial charge in [0.2, 0.25) is 0 Å². The fourth-order valence-electron chi connectivity index (χ4n) is 3.21. The maximum absolute atomic E-state index is 13.3. The highest BCUT2D eigenvalue weighted by Gasteiger charge is 2.26. The molecule has 1 aliphatic rings. The van der Waals surface area contributed by atoms with Crippen molar-refractivity contribution in [3.8, 4) is 5.75 Å². The van der Waals surface area contributed by atoms with Crippen molar-refractivity contribution in [2.75, 3.05) is 19.7 Å². The third-order valence-corrected chi connectivity index (χ3v) is 4.75. The largest absolute Gasteiger partial charge is 0.484 e. The average molecular weight is 395 g/mol. The van der Waals surface area contributed by atoms with Crippen molar-refractivity contribution in [3.05, 3.63) is 64.7 Å². The van der Waals surface area contributed by atoms with E-state index in [-0.39, 0.29) is 24.3 Å². The van der Waals surface area contributed by atoms with Gasteiger partial charge in [-0.2, -0.15) is 0 Å². The van der Waals surface area contributed by atoms with Crippen molar-refractivity contribution in [1.82, 2.24) is 10.2 Å². The van der Waals surface area contributed by atoms with Crippen LogP contribution in [0, 0.1) is 11.6 Å².